The van der Waals surface area contributed by atoms with Gasteiger partial charge in [0.2, 0.25) is 0 Å². The number of carbonyl (C=O) groups excluding carboxylic acids is 4. The Bertz CT molecular complexity index is 638. The Morgan fingerprint density at radius 1 is 0.840 bits per heavy atom. The van der Waals surface area contributed by atoms with E-state index in [-0.39, 0.29) is 23.1 Å². The first kappa shape index (κ1) is 20.8. The van der Waals surface area contributed by atoms with Gasteiger partial charge in [-0.15, -0.1) is 0 Å². The van der Waals surface area contributed by atoms with Crippen LogP contribution < -0.4 is 0 Å². The second kappa shape index (κ2) is 9.30. The second-order valence-electron chi connectivity index (χ2n) is 6.23. The van der Waals surface area contributed by atoms with E-state index < -0.39 is 12.1 Å². The zero-order chi connectivity index (χ0) is 19.1. The Hall–Kier alpha value is -2.24. The molecule has 138 valence electrons. The first-order valence-electron chi connectivity index (χ1n) is 8.45. The molecular formula is C19H26O6. The summed E-state index contributed by atoms with van der Waals surface area (Å²) in [4.78, 5) is 47.1. The number of rotatable bonds is 8. The van der Waals surface area contributed by atoms with Gasteiger partial charge in [-0.25, -0.2) is 0 Å². The molecule has 0 aromatic heterocycles. The lowest BCUT2D eigenvalue weighted by Gasteiger charge is -2.25. The average molecular weight is 350 g/mol. The molecule has 0 aromatic rings. The van der Waals surface area contributed by atoms with Gasteiger partial charge in [-0.1, -0.05) is 0 Å². The summed E-state index contributed by atoms with van der Waals surface area (Å²) in [6.45, 7) is 7.83. The fourth-order valence-electron chi connectivity index (χ4n) is 2.79. The van der Waals surface area contributed by atoms with Crippen molar-refractivity contribution >= 4 is 23.5 Å². The maximum atomic E-state index is 12.6. The third-order valence-corrected chi connectivity index (χ3v) is 4.28. The lowest BCUT2D eigenvalue weighted by Crippen LogP contribution is -2.31. The zero-order valence-corrected chi connectivity index (χ0v) is 15.6. The average Bonchev–Trinajstić information content (AvgIpc) is 2.53. The van der Waals surface area contributed by atoms with Crippen molar-refractivity contribution in [3.05, 3.63) is 22.3 Å². The van der Waals surface area contributed by atoms with Crippen LogP contribution in [0.15, 0.2) is 22.3 Å². The molecule has 0 amide bonds. The summed E-state index contributed by atoms with van der Waals surface area (Å²) in [5.41, 5.74) is 1.47. The molecule has 1 aliphatic rings. The van der Waals surface area contributed by atoms with Gasteiger partial charge in [0.1, 0.15) is 6.10 Å². The summed E-state index contributed by atoms with van der Waals surface area (Å²) in [5, 5.41) is 0. The highest BCUT2D eigenvalue weighted by atomic mass is 16.5. The highest BCUT2D eigenvalue weighted by Gasteiger charge is 2.33. The van der Waals surface area contributed by atoms with Gasteiger partial charge in [0.25, 0.3) is 0 Å². The molecule has 6 heteroatoms. The van der Waals surface area contributed by atoms with E-state index in [1.165, 1.54) is 13.8 Å². The van der Waals surface area contributed by atoms with Gasteiger partial charge in [0.05, 0.1) is 6.61 Å². The summed E-state index contributed by atoms with van der Waals surface area (Å²) in [6.07, 6.45) is 1.84. The van der Waals surface area contributed by atoms with E-state index >= 15 is 0 Å². The van der Waals surface area contributed by atoms with Crippen molar-refractivity contribution in [2.75, 3.05) is 6.61 Å². The predicted molar refractivity (Wildman–Crippen MR) is 91.7 cm³/mol. The Kier molecular flexibility index (Phi) is 7.74. The van der Waals surface area contributed by atoms with Crippen LogP contribution in [0.4, 0.5) is 0 Å². The van der Waals surface area contributed by atoms with Crippen LogP contribution in [0.5, 0.6) is 0 Å². The third kappa shape index (κ3) is 5.66. The Labute approximate surface area is 148 Å². The number of esters is 2. The van der Waals surface area contributed by atoms with E-state index in [0.717, 1.165) is 6.42 Å². The van der Waals surface area contributed by atoms with E-state index in [1.54, 1.807) is 20.8 Å². The van der Waals surface area contributed by atoms with Crippen molar-refractivity contribution in [1.29, 1.82) is 0 Å². The van der Waals surface area contributed by atoms with Crippen molar-refractivity contribution in [2.24, 2.45) is 0 Å². The summed E-state index contributed by atoms with van der Waals surface area (Å²) >= 11 is 0. The smallest absolute Gasteiger partial charge is 0.303 e. The van der Waals surface area contributed by atoms with Crippen LogP contribution in [0.2, 0.25) is 0 Å². The monoisotopic (exact) mass is 350 g/mol. The van der Waals surface area contributed by atoms with E-state index in [2.05, 4.69) is 0 Å². The number of ether oxygens (including phenoxy) is 2. The van der Waals surface area contributed by atoms with Crippen LogP contribution in [-0.2, 0) is 28.7 Å². The molecule has 25 heavy (non-hydrogen) atoms. The van der Waals surface area contributed by atoms with Crippen LogP contribution in [-0.4, -0.2) is 36.2 Å². The molecule has 1 rings (SSSR count). The van der Waals surface area contributed by atoms with Gasteiger partial charge in [0, 0.05) is 36.1 Å². The van der Waals surface area contributed by atoms with Crippen LogP contribution in [0.1, 0.15) is 60.3 Å². The van der Waals surface area contributed by atoms with Gasteiger partial charge < -0.3 is 9.47 Å². The van der Waals surface area contributed by atoms with E-state index in [1.807, 2.05) is 0 Å². The topological polar surface area (TPSA) is 86.7 Å². The molecule has 0 spiro atoms. The van der Waals surface area contributed by atoms with Gasteiger partial charge in [0.15, 0.2) is 11.6 Å². The fraction of sp³-hybridized carbons (Fsp3) is 0.579. The van der Waals surface area contributed by atoms with E-state index in [9.17, 15) is 19.2 Å². The minimum absolute atomic E-state index is 0.181. The zero-order valence-electron chi connectivity index (χ0n) is 15.6. The highest BCUT2D eigenvalue weighted by molar-refractivity contribution is 6.25. The first-order chi connectivity index (χ1) is 11.7. The Balaban J connectivity index is 2.81. The SMILES string of the molecule is CC(=O)OCCCCCC(OC(C)=O)C1=C(C)C(=O)C(C)=C(C)C1=O. The maximum Gasteiger partial charge on any atom is 0.303 e. The third-order valence-electron chi connectivity index (χ3n) is 4.28. The molecular weight excluding hydrogens is 324 g/mol. The summed E-state index contributed by atoms with van der Waals surface area (Å²) in [6, 6.07) is 0. The molecule has 1 atom stereocenters. The van der Waals surface area contributed by atoms with Gasteiger partial charge >= 0.3 is 11.9 Å². The maximum absolute atomic E-state index is 12.6. The first-order valence-corrected chi connectivity index (χ1v) is 8.45. The molecule has 0 aromatic carbocycles. The standard InChI is InChI=1S/C19H26O6/c1-11-12(2)19(23)17(13(3)18(11)22)16(25-15(5)21)9-7-6-8-10-24-14(4)20/h16H,6-10H2,1-5H3. The quantitative estimate of drug-likeness (QED) is 0.380. The van der Waals surface area contributed by atoms with Crippen molar-refractivity contribution in [3.8, 4) is 0 Å². The number of unbranched alkanes of at least 4 members (excludes halogenated alkanes) is 2. The number of carbonyl (C=O) groups is 4. The van der Waals surface area contributed by atoms with Crippen molar-refractivity contribution in [3.63, 3.8) is 0 Å². The van der Waals surface area contributed by atoms with Crippen LogP contribution in [0.25, 0.3) is 0 Å². The molecule has 0 fully saturated rings. The second-order valence-corrected chi connectivity index (χ2v) is 6.23. The lowest BCUT2D eigenvalue weighted by atomic mass is 9.82. The molecule has 0 N–H and O–H groups in total. The molecule has 6 nitrogen and oxygen atoms in total. The number of Topliss-reactive ketones (excluding diaryl/α,β-unsaturated/α-hetero) is 2. The number of ketones is 2. The normalized spacial score (nSPS) is 16.2. The summed E-state index contributed by atoms with van der Waals surface area (Å²) in [7, 11) is 0. The minimum Gasteiger partial charge on any atom is -0.466 e. The molecule has 1 unspecified atom stereocenters. The molecule has 0 heterocycles. The predicted octanol–water partition coefficient (Wildman–Crippen LogP) is 2.85. The van der Waals surface area contributed by atoms with Crippen molar-refractivity contribution in [2.45, 2.75) is 66.4 Å². The van der Waals surface area contributed by atoms with Gasteiger partial charge in [-0.3, -0.25) is 19.2 Å². The number of allylic oxidation sites excluding steroid dienone is 3. The van der Waals surface area contributed by atoms with Crippen LogP contribution >= 0.6 is 0 Å². The molecule has 0 saturated carbocycles. The molecule has 0 radical (unpaired) electrons. The number of hydrogen-bond acceptors (Lipinski definition) is 6. The molecule has 1 aliphatic carbocycles. The minimum atomic E-state index is -0.731. The Morgan fingerprint density at radius 3 is 2.00 bits per heavy atom. The fourth-order valence-corrected chi connectivity index (χ4v) is 2.79. The largest absolute Gasteiger partial charge is 0.466 e. The molecule has 0 aliphatic heterocycles. The summed E-state index contributed by atoms with van der Waals surface area (Å²) < 4.78 is 10.2. The van der Waals surface area contributed by atoms with E-state index in [0.29, 0.717) is 42.6 Å². The Morgan fingerprint density at radius 2 is 1.44 bits per heavy atom. The summed E-state index contributed by atoms with van der Waals surface area (Å²) in [5.74, 6) is -1.23. The highest BCUT2D eigenvalue weighted by Crippen LogP contribution is 2.29. The number of hydrogen-bond donors (Lipinski definition) is 0. The van der Waals surface area contributed by atoms with E-state index in [4.69, 9.17) is 9.47 Å². The lowest BCUT2D eigenvalue weighted by molar-refractivity contribution is -0.145. The van der Waals surface area contributed by atoms with Crippen molar-refractivity contribution in [1.82, 2.24) is 0 Å². The van der Waals surface area contributed by atoms with Crippen LogP contribution in [0.3, 0.4) is 0 Å². The van der Waals surface area contributed by atoms with Crippen LogP contribution in [0, 0.1) is 0 Å². The van der Waals surface area contributed by atoms with Gasteiger partial charge in [-0.2, -0.15) is 0 Å². The van der Waals surface area contributed by atoms with Crippen molar-refractivity contribution < 1.29 is 28.7 Å². The van der Waals surface area contributed by atoms with Gasteiger partial charge in [-0.05, 0) is 46.5 Å². The molecule has 0 saturated heterocycles. The molecule has 0 bridgehead atoms.